The van der Waals surface area contributed by atoms with E-state index in [1.54, 1.807) is 0 Å². The van der Waals surface area contributed by atoms with Gasteiger partial charge in [0.25, 0.3) is 0 Å². The Bertz CT molecular complexity index is 513. The maximum atomic E-state index is 12.0. The average molecular weight is 355 g/mol. The Morgan fingerprint density at radius 3 is 2.71 bits per heavy atom. The number of para-hydroxylation sites is 1. The van der Waals surface area contributed by atoms with E-state index >= 15 is 0 Å². The Morgan fingerprint density at radius 1 is 1.25 bits per heavy atom. The molecule has 2 rings (SSSR count). The topological polar surface area (TPSA) is 87.5 Å². The number of nitrogens with zero attached hydrogens (tertiary/aromatic N) is 1. The van der Waals surface area contributed by atoms with Crippen LogP contribution in [0.3, 0.4) is 0 Å². The molecule has 1 heterocycles. The smallest absolute Gasteiger partial charge is 0.225 e. The number of piperidine rings is 1. The van der Waals surface area contributed by atoms with E-state index in [2.05, 4.69) is 15.5 Å². The highest BCUT2D eigenvalue weighted by atomic mass is 35.5. The third kappa shape index (κ3) is 6.86. The fourth-order valence-electron chi connectivity index (χ4n) is 2.82. The van der Waals surface area contributed by atoms with Gasteiger partial charge in [0.15, 0.2) is 0 Å². The van der Waals surface area contributed by atoms with Crippen LogP contribution >= 0.6 is 12.4 Å². The van der Waals surface area contributed by atoms with Gasteiger partial charge in [0.1, 0.15) is 0 Å². The van der Waals surface area contributed by atoms with Crippen LogP contribution in [0.25, 0.3) is 0 Å². The maximum Gasteiger partial charge on any atom is 0.225 e. The molecule has 4 N–H and O–H groups in total. The van der Waals surface area contributed by atoms with Gasteiger partial charge < -0.3 is 21.3 Å². The molecule has 0 aromatic heterocycles. The Hall–Kier alpha value is -1.63. The quantitative estimate of drug-likeness (QED) is 0.687. The first-order valence-corrected chi connectivity index (χ1v) is 8.24. The van der Waals surface area contributed by atoms with Crippen molar-refractivity contribution in [2.45, 2.75) is 19.3 Å². The van der Waals surface area contributed by atoms with Gasteiger partial charge in [-0.05, 0) is 31.5 Å². The van der Waals surface area contributed by atoms with E-state index in [-0.39, 0.29) is 30.1 Å². The van der Waals surface area contributed by atoms with E-state index in [4.69, 9.17) is 5.73 Å². The van der Waals surface area contributed by atoms with E-state index in [9.17, 15) is 9.59 Å². The summed E-state index contributed by atoms with van der Waals surface area (Å²) in [6.07, 6.45) is 2.33. The summed E-state index contributed by atoms with van der Waals surface area (Å²) in [5, 5.41) is 5.73. The molecule has 1 fully saturated rings. The molecule has 0 bridgehead atoms. The Kier molecular flexibility index (Phi) is 9.37. The minimum absolute atomic E-state index is 0. The number of likely N-dealkylation sites (tertiary alicyclic amines) is 1. The van der Waals surface area contributed by atoms with Crippen LogP contribution < -0.4 is 16.4 Å². The van der Waals surface area contributed by atoms with Gasteiger partial charge in [-0.3, -0.25) is 9.59 Å². The summed E-state index contributed by atoms with van der Waals surface area (Å²) < 4.78 is 0. The van der Waals surface area contributed by atoms with Gasteiger partial charge in [0.05, 0.1) is 5.92 Å². The molecule has 6 nitrogen and oxygen atoms in total. The number of anilines is 1. The number of halogens is 1. The lowest BCUT2D eigenvalue weighted by atomic mass is 9.97. The number of hydrogen-bond donors (Lipinski definition) is 3. The van der Waals surface area contributed by atoms with Crippen LogP contribution in [0.1, 0.15) is 19.3 Å². The highest BCUT2D eigenvalue weighted by Gasteiger charge is 2.25. The Labute approximate surface area is 149 Å². The molecule has 1 aliphatic rings. The minimum Gasteiger partial charge on any atom is -0.355 e. The molecule has 1 aliphatic heterocycles. The molecule has 1 aromatic rings. The van der Waals surface area contributed by atoms with Crippen molar-refractivity contribution in [1.82, 2.24) is 10.2 Å². The molecule has 7 heteroatoms. The lowest BCUT2D eigenvalue weighted by molar-refractivity contribution is -0.126. The molecule has 0 radical (unpaired) electrons. The van der Waals surface area contributed by atoms with Gasteiger partial charge in [-0.2, -0.15) is 0 Å². The second-order valence-electron chi connectivity index (χ2n) is 5.88. The SMILES string of the molecule is Cl.NCCNC(=O)C1CCCN(CCC(=O)Nc2ccccc2)C1. The number of carbonyl (C=O) groups excluding carboxylic acids is 2. The molecule has 0 saturated carbocycles. The van der Waals surface area contributed by atoms with Crippen LogP contribution in [0, 0.1) is 5.92 Å². The molecule has 1 aromatic carbocycles. The summed E-state index contributed by atoms with van der Waals surface area (Å²) in [6.45, 7) is 3.32. The summed E-state index contributed by atoms with van der Waals surface area (Å²) in [6, 6.07) is 9.45. The van der Waals surface area contributed by atoms with Crippen molar-refractivity contribution in [3.05, 3.63) is 30.3 Å². The number of nitrogens with two attached hydrogens (primary N) is 1. The zero-order valence-electron chi connectivity index (χ0n) is 13.9. The molecule has 1 atom stereocenters. The largest absolute Gasteiger partial charge is 0.355 e. The number of rotatable bonds is 7. The number of carbonyl (C=O) groups is 2. The number of hydrogen-bond acceptors (Lipinski definition) is 4. The monoisotopic (exact) mass is 354 g/mol. The van der Waals surface area contributed by atoms with E-state index in [1.165, 1.54) is 0 Å². The minimum atomic E-state index is 0. The number of amides is 2. The lowest BCUT2D eigenvalue weighted by Crippen LogP contribution is -2.44. The number of nitrogens with one attached hydrogen (secondary N) is 2. The van der Waals surface area contributed by atoms with Gasteiger partial charge >= 0.3 is 0 Å². The molecular weight excluding hydrogens is 328 g/mol. The van der Waals surface area contributed by atoms with E-state index in [1.807, 2.05) is 30.3 Å². The van der Waals surface area contributed by atoms with Crippen LogP contribution in [-0.2, 0) is 9.59 Å². The fourth-order valence-corrected chi connectivity index (χ4v) is 2.82. The predicted octanol–water partition coefficient (Wildman–Crippen LogP) is 1.22. The highest BCUT2D eigenvalue weighted by Crippen LogP contribution is 2.17. The van der Waals surface area contributed by atoms with Crippen molar-refractivity contribution >= 4 is 29.9 Å². The van der Waals surface area contributed by atoms with E-state index in [0.717, 1.165) is 31.6 Å². The van der Waals surface area contributed by atoms with Crippen LogP contribution in [-0.4, -0.2) is 49.4 Å². The Morgan fingerprint density at radius 2 is 2.00 bits per heavy atom. The first kappa shape index (κ1) is 20.4. The summed E-state index contributed by atoms with van der Waals surface area (Å²) in [5.41, 5.74) is 6.22. The average Bonchev–Trinajstić information content (AvgIpc) is 2.59. The van der Waals surface area contributed by atoms with Crippen molar-refractivity contribution in [1.29, 1.82) is 0 Å². The summed E-state index contributed by atoms with van der Waals surface area (Å²) in [5.74, 6) is 0.0901. The molecule has 24 heavy (non-hydrogen) atoms. The van der Waals surface area contributed by atoms with Gasteiger partial charge in [-0.15, -0.1) is 12.4 Å². The molecule has 1 unspecified atom stereocenters. The number of benzene rings is 1. The van der Waals surface area contributed by atoms with E-state index < -0.39 is 0 Å². The van der Waals surface area contributed by atoms with Gasteiger partial charge in [-0.25, -0.2) is 0 Å². The standard InChI is InChI=1S/C17H26N4O2.ClH/c18-9-10-19-17(23)14-5-4-11-21(13-14)12-8-16(22)20-15-6-2-1-3-7-15;/h1-3,6-7,14H,4-5,8-13,18H2,(H,19,23)(H,20,22);1H. The van der Waals surface area contributed by atoms with Crippen molar-refractivity contribution in [3.63, 3.8) is 0 Å². The molecule has 0 aliphatic carbocycles. The third-order valence-corrected chi connectivity index (χ3v) is 4.03. The summed E-state index contributed by atoms with van der Waals surface area (Å²) in [7, 11) is 0. The van der Waals surface area contributed by atoms with Crippen molar-refractivity contribution < 1.29 is 9.59 Å². The Balaban J connectivity index is 0.00000288. The maximum absolute atomic E-state index is 12.0. The molecular formula is C17H27ClN4O2. The van der Waals surface area contributed by atoms with Gasteiger partial charge in [-0.1, -0.05) is 18.2 Å². The van der Waals surface area contributed by atoms with Crippen LogP contribution in [0.4, 0.5) is 5.69 Å². The highest BCUT2D eigenvalue weighted by molar-refractivity contribution is 5.90. The van der Waals surface area contributed by atoms with E-state index in [0.29, 0.717) is 26.1 Å². The third-order valence-electron chi connectivity index (χ3n) is 4.03. The first-order valence-electron chi connectivity index (χ1n) is 8.24. The van der Waals surface area contributed by atoms with Crippen molar-refractivity contribution in [2.24, 2.45) is 11.7 Å². The molecule has 0 spiro atoms. The normalized spacial score (nSPS) is 17.6. The van der Waals surface area contributed by atoms with Gasteiger partial charge in [0, 0.05) is 38.3 Å². The zero-order chi connectivity index (χ0) is 16.5. The van der Waals surface area contributed by atoms with Gasteiger partial charge in [0.2, 0.25) is 11.8 Å². The molecule has 134 valence electrons. The molecule has 2 amide bonds. The van der Waals surface area contributed by atoms with Crippen LogP contribution in [0.2, 0.25) is 0 Å². The van der Waals surface area contributed by atoms with Crippen molar-refractivity contribution in [3.8, 4) is 0 Å². The zero-order valence-corrected chi connectivity index (χ0v) is 14.7. The second kappa shape index (κ2) is 11.0. The van der Waals surface area contributed by atoms with Crippen molar-refractivity contribution in [2.75, 3.05) is 38.0 Å². The van der Waals surface area contributed by atoms with Crippen LogP contribution in [0.15, 0.2) is 30.3 Å². The second-order valence-corrected chi connectivity index (χ2v) is 5.88. The summed E-state index contributed by atoms with van der Waals surface area (Å²) in [4.78, 5) is 26.2. The lowest BCUT2D eigenvalue weighted by Gasteiger charge is -2.31. The summed E-state index contributed by atoms with van der Waals surface area (Å²) >= 11 is 0. The predicted molar refractivity (Wildman–Crippen MR) is 98.2 cm³/mol. The fraction of sp³-hybridized carbons (Fsp3) is 0.529. The molecule has 1 saturated heterocycles. The first-order chi connectivity index (χ1) is 11.2. The van der Waals surface area contributed by atoms with Crippen LogP contribution in [0.5, 0.6) is 0 Å².